The summed E-state index contributed by atoms with van der Waals surface area (Å²) in [6.45, 7) is 6.71. The Hall–Kier alpha value is -0.580. The molecule has 0 radical (unpaired) electrons. The van der Waals surface area contributed by atoms with Crippen molar-refractivity contribution in [2.24, 2.45) is 5.41 Å². The van der Waals surface area contributed by atoms with Gasteiger partial charge in [-0.2, -0.15) is 4.31 Å². The van der Waals surface area contributed by atoms with E-state index in [1.165, 1.54) is 0 Å². The molecule has 1 aromatic rings. The summed E-state index contributed by atoms with van der Waals surface area (Å²) in [5.41, 5.74) is 1.80. The van der Waals surface area contributed by atoms with Gasteiger partial charge in [0.1, 0.15) is 0 Å². The minimum absolute atomic E-state index is 0.0119. The summed E-state index contributed by atoms with van der Waals surface area (Å²) in [6.07, 6.45) is 0.813. The minimum atomic E-state index is -3.39. The molecule has 5 heteroatoms. The Kier molecular flexibility index (Phi) is 2.80. The fraction of sp³-hybridized carbons (Fsp3) is 0.571. The Bertz CT molecular complexity index is 639. The number of alkyl halides is 1. The van der Waals surface area contributed by atoms with Crippen LogP contribution in [0, 0.1) is 12.3 Å². The van der Waals surface area contributed by atoms with Crippen LogP contribution in [0.5, 0.6) is 0 Å². The molecule has 2 aliphatic heterocycles. The maximum Gasteiger partial charge on any atom is 0.243 e. The molecule has 3 rings (SSSR count). The van der Waals surface area contributed by atoms with E-state index in [1.807, 2.05) is 19.1 Å². The second-order valence-electron chi connectivity index (χ2n) is 6.43. The first-order chi connectivity index (χ1) is 8.72. The first-order valence-corrected chi connectivity index (χ1v) is 8.36. The second kappa shape index (κ2) is 3.96. The van der Waals surface area contributed by atoms with Crippen LogP contribution in [0.4, 0.5) is 0 Å². The summed E-state index contributed by atoms with van der Waals surface area (Å²) >= 11 is 6.57. The quantitative estimate of drug-likeness (QED) is 0.690. The maximum absolute atomic E-state index is 12.7. The van der Waals surface area contributed by atoms with Gasteiger partial charge in [0.2, 0.25) is 10.0 Å². The average Bonchev–Trinajstić information content (AvgIpc) is 2.63. The third-order valence-electron chi connectivity index (χ3n) is 4.10. The van der Waals surface area contributed by atoms with E-state index in [0.717, 1.165) is 17.5 Å². The van der Waals surface area contributed by atoms with Gasteiger partial charge in [0, 0.05) is 12.6 Å². The Balaban J connectivity index is 2.20. The Labute approximate surface area is 119 Å². The molecule has 19 heavy (non-hydrogen) atoms. The van der Waals surface area contributed by atoms with E-state index in [-0.39, 0.29) is 16.8 Å². The highest BCUT2D eigenvalue weighted by atomic mass is 35.5. The van der Waals surface area contributed by atoms with Crippen molar-refractivity contribution in [3.8, 4) is 0 Å². The molecule has 0 saturated carbocycles. The lowest BCUT2D eigenvalue weighted by atomic mass is 9.88. The number of sulfonamides is 1. The van der Waals surface area contributed by atoms with E-state index in [0.29, 0.717) is 11.4 Å². The van der Waals surface area contributed by atoms with E-state index in [2.05, 4.69) is 13.8 Å². The topological polar surface area (TPSA) is 37.4 Å². The zero-order chi connectivity index (χ0) is 14.0. The predicted molar refractivity (Wildman–Crippen MR) is 75.9 cm³/mol. The van der Waals surface area contributed by atoms with Crippen molar-refractivity contribution in [1.29, 1.82) is 0 Å². The fourth-order valence-corrected chi connectivity index (χ4v) is 5.82. The van der Waals surface area contributed by atoms with Crippen molar-refractivity contribution < 1.29 is 8.42 Å². The third-order valence-corrected chi connectivity index (χ3v) is 6.57. The molecule has 0 amide bonds. The van der Waals surface area contributed by atoms with Crippen LogP contribution in [0.1, 0.15) is 36.8 Å². The summed E-state index contributed by atoms with van der Waals surface area (Å²) in [6, 6.07) is 5.32. The van der Waals surface area contributed by atoms with Crippen LogP contribution < -0.4 is 0 Å². The molecule has 0 aliphatic carbocycles. The van der Waals surface area contributed by atoms with Crippen LogP contribution in [0.3, 0.4) is 0 Å². The molecular formula is C14H18ClNO2S. The van der Waals surface area contributed by atoms with E-state index in [1.54, 1.807) is 10.4 Å². The van der Waals surface area contributed by atoms with Crippen LogP contribution in [0.15, 0.2) is 23.1 Å². The molecule has 2 heterocycles. The van der Waals surface area contributed by atoms with Crippen molar-refractivity contribution in [2.45, 2.75) is 43.5 Å². The van der Waals surface area contributed by atoms with Gasteiger partial charge in [0.05, 0.1) is 10.3 Å². The Morgan fingerprint density at radius 1 is 1.37 bits per heavy atom. The number of rotatable bonds is 0. The van der Waals surface area contributed by atoms with Crippen LogP contribution in [0.25, 0.3) is 0 Å². The van der Waals surface area contributed by atoms with Crippen molar-refractivity contribution in [3.63, 3.8) is 0 Å². The summed E-state index contributed by atoms with van der Waals surface area (Å²) in [5.74, 6) is 0. The van der Waals surface area contributed by atoms with Crippen LogP contribution in [-0.2, 0) is 10.0 Å². The molecule has 0 spiro atoms. The summed E-state index contributed by atoms with van der Waals surface area (Å²) < 4.78 is 27.0. The van der Waals surface area contributed by atoms with Gasteiger partial charge in [-0.05, 0) is 30.4 Å². The molecular weight excluding hydrogens is 282 g/mol. The van der Waals surface area contributed by atoms with Gasteiger partial charge >= 0.3 is 0 Å². The van der Waals surface area contributed by atoms with E-state index < -0.39 is 10.0 Å². The molecule has 2 aliphatic rings. The van der Waals surface area contributed by atoms with Gasteiger partial charge in [-0.3, -0.25) is 0 Å². The normalized spacial score (nSPS) is 31.8. The van der Waals surface area contributed by atoms with Crippen molar-refractivity contribution in [3.05, 3.63) is 29.3 Å². The van der Waals surface area contributed by atoms with Crippen LogP contribution in [0.2, 0.25) is 0 Å². The van der Waals surface area contributed by atoms with Gasteiger partial charge in [-0.1, -0.05) is 31.5 Å². The Morgan fingerprint density at radius 3 is 2.74 bits per heavy atom. The molecule has 1 fully saturated rings. The first-order valence-electron chi connectivity index (χ1n) is 6.49. The zero-order valence-corrected chi connectivity index (χ0v) is 12.9. The van der Waals surface area contributed by atoms with Gasteiger partial charge in [-0.25, -0.2) is 8.42 Å². The van der Waals surface area contributed by atoms with Gasteiger partial charge in [-0.15, -0.1) is 11.6 Å². The highest BCUT2D eigenvalue weighted by Gasteiger charge is 2.51. The number of fused-ring (bicyclic) bond motifs is 2. The Morgan fingerprint density at radius 2 is 2.05 bits per heavy atom. The predicted octanol–water partition coefficient (Wildman–Crippen LogP) is 3.08. The molecule has 0 unspecified atom stereocenters. The minimum Gasteiger partial charge on any atom is -0.207 e. The monoisotopic (exact) mass is 299 g/mol. The van der Waals surface area contributed by atoms with E-state index in [9.17, 15) is 8.42 Å². The highest BCUT2D eigenvalue weighted by Crippen LogP contribution is 2.49. The summed E-state index contributed by atoms with van der Waals surface area (Å²) in [7, 11) is -3.39. The van der Waals surface area contributed by atoms with Gasteiger partial charge in [0.25, 0.3) is 0 Å². The SMILES string of the molecule is Cc1ccc2c(c1)[C@@H](Cl)[C@@H]1CC(C)(C)CN1S2(=O)=O. The highest BCUT2D eigenvalue weighted by molar-refractivity contribution is 7.89. The van der Waals surface area contributed by atoms with E-state index in [4.69, 9.17) is 11.6 Å². The zero-order valence-electron chi connectivity index (χ0n) is 11.4. The third kappa shape index (κ3) is 1.92. The van der Waals surface area contributed by atoms with Crippen LogP contribution in [-0.4, -0.2) is 25.3 Å². The lowest BCUT2D eigenvalue weighted by Gasteiger charge is -2.34. The largest absolute Gasteiger partial charge is 0.243 e. The number of halogens is 1. The maximum atomic E-state index is 12.7. The first kappa shape index (κ1) is 13.4. The molecule has 104 valence electrons. The molecule has 1 aromatic carbocycles. The lowest BCUT2D eigenvalue weighted by molar-refractivity contribution is 0.354. The molecule has 0 N–H and O–H groups in total. The summed E-state index contributed by atoms with van der Waals surface area (Å²) in [4.78, 5) is 0.382. The van der Waals surface area contributed by atoms with Crippen molar-refractivity contribution in [2.75, 3.05) is 6.54 Å². The van der Waals surface area contributed by atoms with Crippen molar-refractivity contribution >= 4 is 21.6 Å². The number of aryl methyl sites for hydroxylation is 1. The molecule has 1 saturated heterocycles. The smallest absolute Gasteiger partial charge is 0.207 e. The number of hydrogen-bond donors (Lipinski definition) is 0. The van der Waals surface area contributed by atoms with Gasteiger partial charge in [0.15, 0.2) is 0 Å². The lowest BCUT2D eigenvalue weighted by Crippen LogP contribution is -2.42. The molecule has 0 aromatic heterocycles. The standard InChI is InChI=1S/C14H18ClNO2S/c1-9-4-5-12-10(6-9)13(15)11-7-14(2,3)8-16(11)19(12,17)18/h4-6,11,13H,7-8H2,1-3H3/t11-,13+/m0/s1. The second-order valence-corrected chi connectivity index (χ2v) is 8.76. The van der Waals surface area contributed by atoms with Crippen LogP contribution >= 0.6 is 11.6 Å². The number of hydrogen-bond acceptors (Lipinski definition) is 2. The van der Waals surface area contributed by atoms with Crippen molar-refractivity contribution in [1.82, 2.24) is 4.31 Å². The molecule has 2 atom stereocenters. The molecule has 3 nitrogen and oxygen atoms in total. The molecule has 0 bridgehead atoms. The average molecular weight is 300 g/mol. The number of nitrogens with zero attached hydrogens (tertiary/aromatic N) is 1. The fourth-order valence-electron chi connectivity index (χ4n) is 3.24. The van der Waals surface area contributed by atoms with E-state index >= 15 is 0 Å². The van der Waals surface area contributed by atoms with Gasteiger partial charge < -0.3 is 0 Å². The summed E-state index contributed by atoms with van der Waals surface area (Å²) in [5, 5.41) is -0.250. The number of benzene rings is 1.